The molecule has 1 aromatic heterocycles. The van der Waals surface area contributed by atoms with Gasteiger partial charge in [-0.2, -0.15) is 18.3 Å². The molecule has 0 amide bonds. The summed E-state index contributed by atoms with van der Waals surface area (Å²) in [4.78, 5) is 0. The quantitative estimate of drug-likeness (QED) is 0.805. The lowest BCUT2D eigenvalue weighted by molar-refractivity contribution is -0.143. The van der Waals surface area contributed by atoms with Gasteiger partial charge in [-0.05, 0) is 24.6 Å². The minimum Gasteiger partial charge on any atom is -0.494 e. The second kappa shape index (κ2) is 5.15. The summed E-state index contributed by atoms with van der Waals surface area (Å²) < 4.78 is 58.5. The van der Waals surface area contributed by atoms with Gasteiger partial charge in [0.05, 0.1) is 13.3 Å². The first-order chi connectivity index (χ1) is 9.38. The molecule has 0 radical (unpaired) electrons. The van der Waals surface area contributed by atoms with Crippen LogP contribution in [0.5, 0.6) is 5.75 Å². The molecule has 0 saturated carbocycles. The molecule has 0 spiro atoms. The zero-order valence-electron chi connectivity index (χ0n) is 10.8. The van der Waals surface area contributed by atoms with Crippen LogP contribution < -0.4 is 4.74 Å². The van der Waals surface area contributed by atoms with Crippen LogP contribution in [-0.2, 0) is 12.7 Å². The van der Waals surface area contributed by atoms with Gasteiger partial charge in [0.15, 0.2) is 11.6 Å². The normalized spacial score (nSPS) is 11.7. The number of methoxy groups -OCH3 is 1. The van der Waals surface area contributed by atoms with Gasteiger partial charge >= 0.3 is 6.18 Å². The third-order valence-electron chi connectivity index (χ3n) is 2.87. The van der Waals surface area contributed by atoms with Gasteiger partial charge in [0, 0.05) is 12.1 Å². The van der Waals surface area contributed by atoms with Crippen molar-refractivity contribution in [2.75, 3.05) is 7.11 Å². The fourth-order valence-corrected chi connectivity index (χ4v) is 1.97. The van der Waals surface area contributed by atoms with Crippen LogP contribution in [0.3, 0.4) is 0 Å². The van der Waals surface area contributed by atoms with E-state index < -0.39 is 17.7 Å². The SMILES string of the molecule is CCn1ncc(-c2ccc(OC)c(F)c2)c1C(F)(F)F. The van der Waals surface area contributed by atoms with Gasteiger partial charge in [0.2, 0.25) is 0 Å². The van der Waals surface area contributed by atoms with E-state index in [0.29, 0.717) is 0 Å². The summed E-state index contributed by atoms with van der Waals surface area (Å²) in [6.07, 6.45) is -3.47. The fourth-order valence-electron chi connectivity index (χ4n) is 1.97. The largest absolute Gasteiger partial charge is 0.494 e. The first-order valence-corrected chi connectivity index (χ1v) is 5.85. The standard InChI is InChI=1S/C13H12F4N2O/c1-3-19-12(13(15,16)17)9(7-18-19)8-4-5-11(20-2)10(14)6-8/h4-7H,3H2,1-2H3. The summed E-state index contributed by atoms with van der Waals surface area (Å²) in [7, 11) is 1.29. The number of rotatable bonds is 3. The van der Waals surface area contributed by atoms with Crippen LogP contribution in [0.1, 0.15) is 12.6 Å². The highest BCUT2D eigenvalue weighted by molar-refractivity contribution is 5.67. The molecule has 0 saturated heterocycles. The predicted molar refractivity (Wildman–Crippen MR) is 64.8 cm³/mol. The molecule has 2 rings (SSSR count). The van der Waals surface area contributed by atoms with Crippen LogP contribution in [0.15, 0.2) is 24.4 Å². The van der Waals surface area contributed by atoms with E-state index in [1.54, 1.807) is 6.92 Å². The van der Waals surface area contributed by atoms with Crippen molar-refractivity contribution in [1.29, 1.82) is 0 Å². The molecule has 0 unspecified atom stereocenters. The van der Waals surface area contributed by atoms with E-state index in [9.17, 15) is 17.6 Å². The number of nitrogens with zero attached hydrogens (tertiary/aromatic N) is 2. The molecule has 0 N–H and O–H groups in total. The van der Waals surface area contributed by atoms with Gasteiger partial charge in [-0.3, -0.25) is 4.68 Å². The van der Waals surface area contributed by atoms with Crippen molar-refractivity contribution >= 4 is 0 Å². The number of hydrogen-bond donors (Lipinski definition) is 0. The maximum absolute atomic E-state index is 13.6. The summed E-state index contributed by atoms with van der Waals surface area (Å²) >= 11 is 0. The van der Waals surface area contributed by atoms with Gasteiger partial charge in [0.25, 0.3) is 0 Å². The maximum atomic E-state index is 13.6. The van der Waals surface area contributed by atoms with E-state index in [4.69, 9.17) is 4.74 Å². The maximum Gasteiger partial charge on any atom is 0.433 e. The Morgan fingerprint density at radius 2 is 2.00 bits per heavy atom. The third kappa shape index (κ3) is 2.48. The van der Waals surface area contributed by atoms with E-state index in [1.165, 1.54) is 19.2 Å². The molecule has 2 aromatic rings. The topological polar surface area (TPSA) is 27.1 Å². The van der Waals surface area contributed by atoms with E-state index in [-0.39, 0.29) is 23.4 Å². The average molecular weight is 288 g/mol. The fraction of sp³-hybridized carbons (Fsp3) is 0.308. The molecular weight excluding hydrogens is 276 g/mol. The zero-order chi connectivity index (χ0) is 14.9. The Kier molecular flexibility index (Phi) is 3.69. The lowest BCUT2D eigenvalue weighted by atomic mass is 10.1. The number of aromatic nitrogens is 2. The highest BCUT2D eigenvalue weighted by Gasteiger charge is 2.38. The second-order valence-electron chi connectivity index (χ2n) is 4.07. The predicted octanol–water partition coefficient (Wildman–Crippen LogP) is 3.74. The Morgan fingerprint density at radius 1 is 1.30 bits per heavy atom. The Bertz CT molecular complexity index is 619. The number of benzene rings is 1. The van der Waals surface area contributed by atoms with E-state index in [2.05, 4.69) is 5.10 Å². The monoisotopic (exact) mass is 288 g/mol. The van der Waals surface area contributed by atoms with Crippen LogP contribution in [0, 0.1) is 5.82 Å². The Hall–Kier alpha value is -2.05. The van der Waals surface area contributed by atoms with Crippen molar-refractivity contribution in [2.24, 2.45) is 0 Å². The molecule has 1 aromatic carbocycles. The summed E-state index contributed by atoms with van der Waals surface area (Å²) in [5.41, 5.74) is -0.930. The Morgan fingerprint density at radius 3 is 2.50 bits per heavy atom. The number of alkyl halides is 3. The van der Waals surface area contributed by atoms with Crippen molar-refractivity contribution in [3.8, 4) is 16.9 Å². The van der Waals surface area contributed by atoms with Crippen LogP contribution in [0.25, 0.3) is 11.1 Å². The molecule has 0 bridgehead atoms. The molecule has 20 heavy (non-hydrogen) atoms. The van der Waals surface area contributed by atoms with Crippen LogP contribution >= 0.6 is 0 Å². The lowest BCUT2D eigenvalue weighted by Gasteiger charge is -2.12. The van der Waals surface area contributed by atoms with Crippen molar-refractivity contribution in [3.05, 3.63) is 35.9 Å². The van der Waals surface area contributed by atoms with E-state index in [0.717, 1.165) is 16.9 Å². The molecule has 0 atom stereocenters. The number of aryl methyl sites for hydroxylation is 1. The molecule has 0 aliphatic rings. The van der Waals surface area contributed by atoms with Crippen LogP contribution in [-0.4, -0.2) is 16.9 Å². The summed E-state index contributed by atoms with van der Waals surface area (Å²) in [6, 6.07) is 3.66. The smallest absolute Gasteiger partial charge is 0.433 e. The molecule has 1 heterocycles. The van der Waals surface area contributed by atoms with Crippen molar-refractivity contribution in [2.45, 2.75) is 19.6 Å². The molecule has 0 aliphatic heterocycles. The highest BCUT2D eigenvalue weighted by atomic mass is 19.4. The molecule has 7 heteroatoms. The third-order valence-corrected chi connectivity index (χ3v) is 2.87. The van der Waals surface area contributed by atoms with Crippen LogP contribution in [0.2, 0.25) is 0 Å². The van der Waals surface area contributed by atoms with Gasteiger partial charge in [-0.1, -0.05) is 6.07 Å². The minimum absolute atomic E-state index is 0.0230. The van der Waals surface area contributed by atoms with Crippen LogP contribution in [0.4, 0.5) is 17.6 Å². The summed E-state index contributed by atoms with van der Waals surface area (Å²) in [6.45, 7) is 1.63. The van der Waals surface area contributed by atoms with Gasteiger partial charge in [-0.25, -0.2) is 4.39 Å². The molecule has 0 aliphatic carbocycles. The summed E-state index contributed by atoms with van der Waals surface area (Å²) in [5.74, 6) is -0.743. The van der Waals surface area contributed by atoms with E-state index in [1.807, 2.05) is 0 Å². The Labute approximate surface area is 112 Å². The number of ether oxygens (including phenoxy) is 1. The summed E-state index contributed by atoms with van der Waals surface area (Å²) in [5, 5.41) is 3.69. The number of halogens is 4. The Balaban J connectivity index is 2.59. The number of hydrogen-bond acceptors (Lipinski definition) is 2. The zero-order valence-corrected chi connectivity index (χ0v) is 10.8. The molecule has 0 fully saturated rings. The van der Waals surface area contributed by atoms with Crippen molar-refractivity contribution in [1.82, 2.24) is 9.78 Å². The molecular formula is C13H12F4N2O. The lowest BCUT2D eigenvalue weighted by Crippen LogP contribution is -2.15. The van der Waals surface area contributed by atoms with Gasteiger partial charge < -0.3 is 4.74 Å². The molecule has 108 valence electrons. The average Bonchev–Trinajstić information content (AvgIpc) is 2.82. The minimum atomic E-state index is -4.56. The van der Waals surface area contributed by atoms with Gasteiger partial charge in [0.1, 0.15) is 5.69 Å². The highest BCUT2D eigenvalue weighted by Crippen LogP contribution is 2.37. The first kappa shape index (κ1) is 14.4. The van der Waals surface area contributed by atoms with Gasteiger partial charge in [-0.15, -0.1) is 0 Å². The van der Waals surface area contributed by atoms with Crippen molar-refractivity contribution < 1.29 is 22.3 Å². The van der Waals surface area contributed by atoms with Crippen molar-refractivity contribution in [3.63, 3.8) is 0 Å². The van der Waals surface area contributed by atoms with E-state index >= 15 is 0 Å². The molecule has 3 nitrogen and oxygen atoms in total. The first-order valence-electron chi connectivity index (χ1n) is 5.85. The second-order valence-corrected chi connectivity index (χ2v) is 4.07.